The second-order valence-electron chi connectivity index (χ2n) is 11.0. The minimum Gasteiger partial charge on any atom is -0.508 e. The number of ketones is 1. The first-order valence-electron chi connectivity index (χ1n) is 14.8. The molecule has 14 nitrogen and oxygen atoms in total. The highest BCUT2D eigenvalue weighted by Gasteiger charge is 2.45. The first-order chi connectivity index (χ1) is 23.6. The summed E-state index contributed by atoms with van der Waals surface area (Å²) in [5.74, 6) is -1.92. The number of hydrogen-bond acceptors (Lipinski definition) is 16. The number of benzene rings is 3. The molecule has 3 aromatic carbocycles. The summed E-state index contributed by atoms with van der Waals surface area (Å²) >= 11 is 15.1. The summed E-state index contributed by atoms with van der Waals surface area (Å²) < 4.78 is 6.79. The zero-order chi connectivity index (χ0) is 36.6. The summed E-state index contributed by atoms with van der Waals surface area (Å²) in [6, 6.07) is 17.6. The Morgan fingerprint density at radius 1 is 0.880 bits per heavy atom. The molecule has 0 saturated carbocycles. The number of carbonyl (C=O) groups is 3. The number of hydrogen-bond donors (Lipinski definition) is 1. The van der Waals surface area contributed by atoms with E-state index in [-0.39, 0.29) is 40.9 Å². The van der Waals surface area contributed by atoms with E-state index in [1.165, 1.54) is 18.2 Å². The van der Waals surface area contributed by atoms with Crippen LogP contribution in [0.3, 0.4) is 0 Å². The van der Waals surface area contributed by atoms with Crippen molar-refractivity contribution in [2.24, 2.45) is 5.92 Å². The minimum absolute atomic E-state index is 0.00160. The first kappa shape index (κ1) is 39.3. The van der Waals surface area contributed by atoms with Crippen molar-refractivity contribution in [2.45, 2.75) is 45.6 Å². The van der Waals surface area contributed by atoms with Crippen LogP contribution in [0.5, 0.6) is 17.2 Å². The van der Waals surface area contributed by atoms with Crippen LogP contribution in [0.2, 0.25) is 0 Å². The number of esters is 2. The van der Waals surface area contributed by atoms with E-state index in [1.807, 2.05) is 26.0 Å². The highest BCUT2D eigenvalue weighted by atomic mass is 33.7. The van der Waals surface area contributed by atoms with Crippen molar-refractivity contribution in [1.29, 1.82) is 0 Å². The van der Waals surface area contributed by atoms with Crippen molar-refractivity contribution in [3.63, 3.8) is 0 Å². The summed E-state index contributed by atoms with van der Waals surface area (Å²) in [5.41, 5.74) is 0.243. The van der Waals surface area contributed by atoms with Gasteiger partial charge in [0.1, 0.15) is 41.3 Å². The third kappa shape index (κ3) is 10.7. The van der Waals surface area contributed by atoms with Gasteiger partial charge >= 0.3 is 11.9 Å². The lowest BCUT2D eigenvalue weighted by molar-refractivity contribution is -0.789. The van der Waals surface area contributed by atoms with Gasteiger partial charge in [-0.25, -0.2) is 4.79 Å². The van der Waals surface area contributed by atoms with Gasteiger partial charge in [-0.15, -0.1) is 20.2 Å². The molecule has 0 amide bonds. The van der Waals surface area contributed by atoms with E-state index in [2.05, 4.69) is 9.68 Å². The Labute approximate surface area is 303 Å². The molecule has 0 aliphatic carbocycles. The third-order valence-corrected chi connectivity index (χ3v) is 38.4. The van der Waals surface area contributed by atoms with Crippen molar-refractivity contribution < 1.29 is 48.8 Å². The zero-order valence-electron chi connectivity index (χ0n) is 26.4. The normalized spacial score (nSPS) is 19.2. The van der Waals surface area contributed by atoms with E-state index in [4.69, 9.17) is 33.1 Å². The molecule has 0 radical (unpaired) electrons. The smallest absolute Gasteiger partial charge is 0.347 e. The summed E-state index contributed by atoms with van der Waals surface area (Å²) in [5, 5.41) is 30.4. The molecule has 1 saturated heterocycles. The molecule has 1 heterocycles. The fourth-order valence-electron chi connectivity index (χ4n) is 4.48. The standard InChI is InChI=1S/C30H30N2O12P2S4/c1-3-19(2)14-22(34)15-20-4-13-28(43-29(35)17-24(44-32(39)40)18-41-31(37)38)27(16-20)30(36)42-23-7-11-26(12-8-23)46(48)49-45(47,50-46)25-9-5-21(33)6-10-25/h4-13,16,19,24,33H,3,14-15,17-18H2,1-2H3. The van der Waals surface area contributed by atoms with Crippen LogP contribution in [0.4, 0.5) is 0 Å². The molecule has 1 aliphatic rings. The molecular weight excluding hydrogens is 771 g/mol. The Balaban J connectivity index is 1.51. The second kappa shape index (κ2) is 17.1. The Bertz CT molecular complexity index is 1860. The van der Waals surface area contributed by atoms with Crippen LogP contribution < -0.4 is 20.1 Å². The molecule has 50 heavy (non-hydrogen) atoms. The monoisotopic (exact) mass is 800 g/mol. The van der Waals surface area contributed by atoms with Crippen LogP contribution >= 0.6 is 30.9 Å². The molecule has 2 atom stereocenters. The highest BCUT2D eigenvalue weighted by molar-refractivity contribution is 9.48. The number of Topliss-reactive ketones (excluding diaryl/α,β-unsaturated/α-hetero) is 1. The molecule has 1 aliphatic heterocycles. The van der Waals surface area contributed by atoms with Gasteiger partial charge in [-0.2, -0.15) is 0 Å². The van der Waals surface area contributed by atoms with E-state index < -0.39 is 50.1 Å². The maximum Gasteiger partial charge on any atom is 0.347 e. The van der Waals surface area contributed by atoms with Gasteiger partial charge in [0.15, 0.2) is 0 Å². The summed E-state index contributed by atoms with van der Waals surface area (Å²) in [6.07, 6.45) is -1.36. The Hall–Kier alpha value is -3.53. The van der Waals surface area contributed by atoms with E-state index in [9.17, 15) is 39.7 Å². The largest absolute Gasteiger partial charge is 0.508 e. The number of rotatable bonds is 17. The van der Waals surface area contributed by atoms with Crippen LogP contribution in [-0.4, -0.2) is 45.7 Å². The van der Waals surface area contributed by atoms with Gasteiger partial charge in [0.05, 0.1) is 15.3 Å². The fraction of sp³-hybridized carbons (Fsp3) is 0.300. The molecule has 0 bridgehead atoms. The average Bonchev–Trinajstić information content (AvgIpc) is 3.03. The topological polar surface area (TPSA) is 195 Å². The Morgan fingerprint density at radius 2 is 1.48 bits per heavy atom. The molecule has 4 rings (SSSR count). The Morgan fingerprint density at radius 3 is 2.04 bits per heavy atom. The number of phenolic OH excluding ortho intramolecular Hbond substituents is 1. The number of carbonyl (C=O) groups excluding carboxylic acids is 3. The number of nitrogens with zero attached hydrogens (tertiary/aromatic N) is 2. The zero-order valence-corrected chi connectivity index (χ0v) is 31.5. The molecule has 1 N–H and O–H groups in total. The SMILES string of the molecule is CCC(C)CC(=O)Cc1ccc(OC(=O)CC(CO[N+](=O)[O-])O[N+](=O)[O-])c(C(=O)Oc2ccc(P3(=S)SP(=S)(c4ccc(O)cc4)S3)cc2)c1. The molecular formula is C30H30N2O12P2S4. The predicted molar refractivity (Wildman–Crippen MR) is 197 cm³/mol. The summed E-state index contributed by atoms with van der Waals surface area (Å²) in [4.78, 5) is 68.6. The minimum atomic E-state index is -2.12. The van der Waals surface area contributed by atoms with Gasteiger partial charge in [0.25, 0.3) is 10.2 Å². The van der Waals surface area contributed by atoms with Gasteiger partial charge < -0.3 is 24.3 Å². The van der Waals surface area contributed by atoms with Crippen molar-refractivity contribution in [3.05, 3.63) is 98.1 Å². The van der Waals surface area contributed by atoms with Gasteiger partial charge in [-0.3, -0.25) is 9.59 Å². The lowest BCUT2D eigenvalue weighted by Gasteiger charge is -2.40. The molecule has 266 valence electrons. The Kier molecular flexibility index (Phi) is 13.4. The number of phenols is 1. The lowest BCUT2D eigenvalue weighted by Crippen LogP contribution is -2.29. The van der Waals surface area contributed by atoms with Crippen molar-refractivity contribution in [3.8, 4) is 17.2 Å². The first-order valence-corrected chi connectivity index (χ1v) is 24.4. The van der Waals surface area contributed by atoms with Crippen molar-refractivity contribution in [2.75, 3.05) is 6.61 Å². The summed E-state index contributed by atoms with van der Waals surface area (Å²) in [7, 11) is 0. The van der Waals surface area contributed by atoms with Gasteiger partial charge in [0, 0.05) is 23.5 Å². The van der Waals surface area contributed by atoms with Gasteiger partial charge in [-0.05, 0) is 72.1 Å². The maximum atomic E-state index is 13.5. The van der Waals surface area contributed by atoms with Gasteiger partial charge in [-0.1, -0.05) is 72.0 Å². The average molecular weight is 801 g/mol. The fourth-order valence-corrected chi connectivity index (χ4v) is 46.8. The van der Waals surface area contributed by atoms with E-state index in [1.54, 1.807) is 58.4 Å². The quantitative estimate of drug-likeness (QED) is 0.0526. The van der Waals surface area contributed by atoms with Crippen LogP contribution in [0, 0.1) is 26.1 Å². The number of ether oxygens (including phenoxy) is 2. The van der Waals surface area contributed by atoms with Gasteiger partial charge in [0.2, 0.25) is 0 Å². The molecule has 1 fully saturated rings. The molecule has 2 unspecified atom stereocenters. The van der Waals surface area contributed by atoms with Crippen molar-refractivity contribution in [1.82, 2.24) is 0 Å². The van der Waals surface area contributed by atoms with Crippen molar-refractivity contribution >= 4 is 82.8 Å². The molecule has 0 aromatic heterocycles. The molecule has 0 spiro atoms. The van der Waals surface area contributed by atoms with Crippen LogP contribution in [0.15, 0.2) is 66.7 Å². The maximum absolute atomic E-state index is 13.5. The number of aromatic hydroxyl groups is 1. The lowest BCUT2D eigenvalue weighted by atomic mass is 9.97. The van der Waals surface area contributed by atoms with Crippen LogP contribution in [-0.2, 0) is 49.3 Å². The third-order valence-electron chi connectivity index (χ3n) is 7.12. The van der Waals surface area contributed by atoms with E-state index in [0.717, 1.165) is 17.0 Å². The summed E-state index contributed by atoms with van der Waals surface area (Å²) in [6.45, 7) is 2.99. The van der Waals surface area contributed by atoms with E-state index in [0.29, 0.717) is 12.0 Å². The molecule has 3 aromatic rings. The van der Waals surface area contributed by atoms with E-state index >= 15 is 0 Å². The molecule has 20 heteroatoms. The van der Waals surface area contributed by atoms with Crippen LogP contribution in [0.25, 0.3) is 0 Å². The second-order valence-corrected chi connectivity index (χ2v) is 32.3. The highest BCUT2D eigenvalue weighted by Crippen LogP contribution is 3.04. The predicted octanol–water partition coefficient (Wildman–Crippen LogP) is 6.29. The van der Waals surface area contributed by atoms with Crippen LogP contribution in [0.1, 0.15) is 49.0 Å².